The van der Waals surface area contributed by atoms with E-state index in [1.807, 2.05) is 31.2 Å². The Balaban J connectivity index is 1.68. The van der Waals surface area contributed by atoms with Crippen molar-refractivity contribution in [3.63, 3.8) is 0 Å². The maximum Gasteiger partial charge on any atom is 0.338 e. The lowest BCUT2D eigenvalue weighted by Gasteiger charge is -2.18. The molecule has 1 aromatic heterocycles. The van der Waals surface area contributed by atoms with Gasteiger partial charge in [-0.15, -0.1) is 5.10 Å². The number of aromatic nitrogens is 2. The van der Waals surface area contributed by atoms with Crippen LogP contribution in [-0.4, -0.2) is 35.5 Å². The van der Waals surface area contributed by atoms with Crippen LogP contribution in [0.4, 0.5) is 11.5 Å². The number of nitrogens with zero attached hydrogens (tertiary/aromatic N) is 2. The Hall–Kier alpha value is -2.47. The number of carbonyl (C=O) groups is 1. The molecule has 0 radical (unpaired) electrons. The van der Waals surface area contributed by atoms with E-state index in [4.69, 9.17) is 9.47 Å². The van der Waals surface area contributed by atoms with Crippen LogP contribution >= 0.6 is 0 Å². The normalized spacial score (nSPS) is 19.9. The Kier molecular flexibility index (Phi) is 5.05. The Morgan fingerprint density at radius 2 is 2.00 bits per heavy atom. The van der Waals surface area contributed by atoms with Gasteiger partial charge in [0, 0.05) is 12.8 Å². The van der Waals surface area contributed by atoms with Crippen LogP contribution < -0.4 is 5.32 Å². The highest BCUT2D eigenvalue weighted by molar-refractivity contribution is 5.90. The topological polar surface area (TPSA) is 73.3 Å². The molecule has 1 saturated carbocycles. The predicted molar refractivity (Wildman–Crippen MR) is 90.3 cm³/mol. The van der Waals surface area contributed by atoms with Gasteiger partial charge < -0.3 is 14.8 Å². The zero-order chi connectivity index (χ0) is 16.9. The summed E-state index contributed by atoms with van der Waals surface area (Å²) in [5.74, 6) is 0.295. The minimum Gasteiger partial charge on any atom is -0.456 e. The second-order valence-corrected chi connectivity index (χ2v) is 5.91. The van der Waals surface area contributed by atoms with Gasteiger partial charge >= 0.3 is 5.97 Å². The van der Waals surface area contributed by atoms with Gasteiger partial charge in [0.05, 0.1) is 17.4 Å². The third-order valence-electron chi connectivity index (χ3n) is 4.12. The van der Waals surface area contributed by atoms with Crippen molar-refractivity contribution in [2.24, 2.45) is 0 Å². The summed E-state index contributed by atoms with van der Waals surface area (Å²) in [7, 11) is 1.66. The summed E-state index contributed by atoms with van der Waals surface area (Å²) >= 11 is 0. The molecule has 0 bridgehead atoms. The number of hydrogen-bond donors (Lipinski definition) is 1. The van der Waals surface area contributed by atoms with Crippen molar-refractivity contribution in [2.75, 3.05) is 12.4 Å². The first-order valence-electron chi connectivity index (χ1n) is 8.07. The SMILES string of the molecule is CO[C@H]1CCC[C@H]1OC(=O)c1cccc(Nc2ccc(C)nn2)c1. The van der Waals surface area contributed by atoms with Crippen molar-refractivity contribution < 1.29 is 14.3 Å². The highest BCUT2D eigenvalue weighted by atomic mass is 16.6. The highest BCUT2D eigenvalue weighted by Crippen LogP contribution is 2.26. The number of nitrogens with one attached hydrogen (secondary N) is 1. The standard InChI is InChI=1S/C18H21N3O3/c1-12-9-10-17(21-20-12)19-14-6-3-5-13(11-14)18(22)24-16-8-4-7-15(16)23-2/h3,5-6,9-11,15-16H,4,7-8H2,1-2H3,(H,19,21)/t15-,16+/m0/s1. The quantitative estimate of drug-likeness (QED) is 0.850. The number of rotatable bonds is 5. The van der Waals surface area contributed by atoms with Crippen LogP contribution in [0.3, 0.4) is 0 Å². The van der Waals surface area contributed by atoms with Crippen molar-refractivity contribution in [3.8, 4) is 0 Å². The van der Waals surface area contributed by atoms with Crippen LogP contribution in [0.2, 0.25) is 0 Å². The highest BCUT2D eigenvalue weighted by Gasteiger charge is 2.30. The summed E-state index contributed by atoms with van der Waals surface area (Å²) < 4.78 is 11.0. The lowest BCUT2D eigenvalue weighted by Crippen LogP contribution is -2.27. The molecule has 1 N–H and O–H groups in total. The third-order valence-corrected chi connectivity index (χ3v) is 4.12. The molecule has 0 spiro atoms. The monoisotopic (exact) mass is 327 g/mol. The molecule has 1 aromatic carbocycles. The molecule has 6 nitrogen and oxygen atoms in total. The second kappa shape index (κ2) is 7.40. The van der Waals surface area contributed by atoms with Crippen LogP contribution in [0.5, 0.6) is 0 Å². The molecular formula is C18H21N3O3. The van der Waals surface area contributed by atoms with E-state index in [0.29, 0.717) is 11.4 Å². The van der Waals surface area contributed by atoms with E-state index in [1.54, 1.807) is 19.2 Å². The Morgan fingerprint density at radius 3 is 2.75 bits per heavy atom. The number of carbonyl (C=O) groups excluding carboxylic acids is 1. The average molecular weight is 327 g/mol. The number of anilines is 2. The molecule has 2 aromatic rings. The average Bonchev–Trinajstić information content (AvgIpc) is 3.04. The summed E-state index contributed by atoms with van der Waals surface area (Å²) in [5.41, 5.74) is 2.11. The van der Waals surface area contributed by atoms with Crippen molar-refractivity contribution in [1.82, 2.24) is 10.2 Å². The van der Waals surface area contributed by atoms with Crippen molar-refractivity contribution in [2.45, 2.75) is 38.4 Å². The van der Waals surface area contributed by atoms with E-state index in [1.165, 1.54) is 0 Å². The molecule has 2 atom stereocenters. The minimum absolute atomic E-state index is 0.00177. The van der Waals surface area contributed by atoms with Gasteiger partial charge in [0.25, 0.3) is 0 Å². The third kappa shape index (κ3) is 3.89. The Labute approximate surface area is 141 Å². The van der Waals surface area contributed by atoms with Gasteiger partial charge in [-0.3, -0.25) is 0 Å². The number of aryl methyl sites for hydroxylation is 1. The molecule has 1 aliphatic carbocycles. The van der Waals surface area contributed by atoms with Gasteiger partial charge in [-0.25, -0.2) is 4.79 Å². The molecule has 0 amide bonds. The largest absolute Gasteiger partial charge is 0.456 e. The molecule has 6 heteroatoms. The zero-order valence-corrected chi connectivity index (χ0v) is 13.9. The van der Waals surface area contributed by atoms with Crippen molar-refractivity contribution in [1.29, 1.82) is 0 Å². The number of esters is 1. The van der Waals surface area contributed by atoms with Gasteiger partial charge in [-0.1, -0.05) is 6.07 Å². The lowest BCUT2D eigenvalue weighted by molar-refractivity contribution is -0.0206. The summed E-state index contributed by atoms with van der Waals surface area (Å²) in [6.45, 7) is 1.88. The van der Waals surface area contributed by atoms with Crippen LogP contribution in [0.1, 0.15) is 35.3 Å². The van der Waals surface area contributed by atoms with Gasteiger partial charge in [0.2, 0.25) is 0 Å². The number of hydrogen-bond acceptors (Lipinski definition) is 6. The molecule has 126 valence electrons. The molecule has 24 heavy (non-hydrogen) atoms. The molecule has 3 rings (SSSR count). The number of ether oxygens (including phenoxy) is 2. The molecule has 1 heterocycles. The van der Waals surface area contributed by atoms with E-state index < -0.39 is 0 Å². The predicted octanol–water partition coefficient (Wildman–Crippen LogP) is 3.25. The van der Waals surface area contributed by atoms with E-state index in [-0.39, 0.29) is 18.2 Å². The molecule has 0 saturated heterocycles. The van der Waals surface area contributed by atoms with Crippen LogP contribution in [0.15, 0.2) is 36.4 Å². The van der Waals surface area contributed by atoms with Crippen molar-refractivity contribution >= 4 is 17.5 Å². The summed E-state index contributed by atoms with van der Waals surface area (Å²) in [4.78, 5) is 12.4. The summed E-state index contributed by atoms with van der Waals surface area (Å²) in [5, 5.41) is 11.2. The molecule has 0 unspecified atom stereocenters. The van der Waals surface area contributed by atoms with Crippen LogP contribution in [0, 0.1) is 6.92 Å². The lowest BCUT2D eigenvalue weighted by atomic mass is 10.2. The first-order valence-corrected chi connectivity index (χ1v) is 8.07. The maximum atomic E-state index is 12.4. The summed E-state index contributed by atoms with van der Waals surface area (Å²) in [6, 6.07) is 10.9. The fraction of sp³-hybridized carbons (Fsp3) is 0.389. The Morgan fingerprint density at radius 1 is 1.17 bits per heavy atom. The Bertz CT molecular complexity index is 703. The summed E-state index contributed by atoms with van der Waals surface area (Å²) in [6.07, 6.45) is 2.63. The first kappa shape index (κ1) is 16.4. The number of benzene rings is 1. The van der Waals surface area contributed by atoms with Crippen LogP contribution in [-0.2, 0) is 9.47 Å². The smallest absolute Gasteiger partial charge is 0.338 e. The van der Waals surface area contributed by atoms with Crippen LogP contribution in [0.25, 0.3) is 0 Å². The fourth-order valence-corrected chi connectivity index (χ4v) is 2.84. The second-order valence-electron chi connectivity index (χ2n) is 5.91. The fourth-order valence-electron chi connectivity index (χ4n) is 2.84. The molecule has 0 aliphatic heterocycles. The molecular weight excluding hydrogens is 306 g/mol. The minimum atomic E-state index is -0.331. The molecule has 1 aliphatic rings. The van der Waals surface area contributed by atoms with Gasteiger partial charge in [0.1, 0.15) is 6.10 Å². The van der Waals surface area contributed by atoms with E-state index >= 15 is 0 Å². The van der Waals surface area contributed by atoms with Crippen molar-refractivity contribution in [3.05, 3.63) is 47.7 Å². The zero-order valence-electron chi connectivity index (χ0n) is 13.9. The van der Waals surface area contributed by atoms with Gasteiger partial charge in [-0.05, 0) is 56.5 Å². The number of methoxy groups -OCH3 is 1. The maximum absolute atomic E-state index is 12.4. The van der Waals surface area contributed by atoms with E-state index in [0.717, 1.165) is 30.6 Å². The van der Waals surface area contributed by atoms with Gasteiger partial charge in [-0.2, -0.15) is 5.10 Å². The van der Waals surface area contributed by atoms with E-state index in [2.05, 4.69) is 15.5 Å². The van der Waals surface area contributed by atoms with E-state index in [9.17, 15) is 4.79 Å². The first-order chi connectivity index (χ1) is 11.7. The van der Waals surface area contributed by atoms with Gasteiger partial charge in [0.15, 0.2) is 5.82 Å². The molecule has 1 fully saturated rings.